The second-order valence-corrected chi connectivity index (χ2v) is 10.5. The van der Waals surface area contributed by atoms with E-state index in [-0.39, 0.29) is 12.2 Å². The van der Waals surface area contributed by atoms with Crippen LogP contribution in [0.2, 0.25) is 0 Å². The summed E-state index contributed by atoms with van der Waals surface area (Å²) in [5, 5.41) is 11.3. The van der Waals surface area contributed by atoms with Crippen LogP contribution in [0.3, 0.4) is 0 Å². The highest BCUT2D eigenvalue weighted by molar-refractivity contribution is 7.18. The van der Waals surface area contributed by atoms with Crippen LogP contribution in [0.1, 0.15) is 62.3 Å². The van der Waals surface area contributed by atoms with E-state index in [9.17, 15) is 5.11 Å². The van der Waals surface area contributed by atoms with Gasteiger partial charge in [-0.05, 0) is 69.3 Å². The van der Waals surface area contributed by atoms with Gasteiger partial charge in [0.15, 0.2) is 0 Å². The van der Waals surface area contributed by atoms with Crippen molar-refractivity contribution in [2.45, 2.75) is 83.0 Å². The SMILES string of the molecule is CCC(O)CC1CCc2sc3ncnc(OC4CCC(N5CCOCC5)CC4)c3c2C1. The summed E-state index contributed by atoms with van der Waals surface area (Å²) >= 11 is 1.81. The molecular formula is C24H35N3O3S. The first-order valence-electron chi connectivity index (χ1n) is 12.1. The van der Waals surface area contributed by atoms with Crippen molar-refractivity contribution in [3.8, 4) is 5.88 Å². The molecule has 2 aromatic rings. The summed E-state index contributed by atoms with van der Waals surface area (Å²) in [6, 6.07) is 0.675. The third kappa shape index (κ3) is 4.75. The zero-order chi connectivity index (χ0) is 21.2. The molecule has 170 valence electrons. The van der Waals surface area contributed by atoms with Gasteiger partial charge in [0, 0.05) is 24.0 Å². The zero-order valence-electron chi connectivity index (χ0n) is 18.6. The standard InChI is InChI=1S/C24H35N3O3S/c1-2-18(28)13-16-3-8-21-20(14-16)22-23(25-15-26-24(22)31-21)30-19-6-4-17(5-7-19)27-9-11-29-12-10-27/h15-19,28H,2-14H2,1H3. The minimum absolute atomic E-state index is 0.190. The van der Waals surface area contributed by atoms with Crippen molar-refractivity contribution in [3.63, 3.8) is 0 Å². The predicted molar refractivity (Wildman–Crippen MR) is 123 cm³/mol. The topological polar surface area (TPSA) is 67.7 Å². The Bertz CT molecular complexity index is 874. The first kappa shape index (κ1) is 21.6. The fourth-order valence-electron chi connectivity index (χ4n) is 5.62. The molecule has 1 saturated heterocycles. The van der Waals surface area contributed by atoms with Crippen molar-refractivity contribution in [2.75, 3.05) is 26.3 Å². The van der Waals surface area contributed by atoms with E-state index in [4.69, 9.17) is 9.47 Å². The van der Waals surface area contributed by atoms with Crippen LogP contribution in [0.15, 0.2) is 6.33 Å². The molecular weight excluding hydrogens is 410 g/mol. The molecule has 2 unspecified atom stereocenters. The van der Waals surface area contributed by atoms with Crippen LogP contribution >= 0.6 is 11.3 Å². The molecule has 3 aliphatic rings. The van der Waals surface area contributed by atoms with Crippen molar-refractivity contribution in [2.24, 2.45) is 5.92 Å². The summed E-state index contributed by atoms with van der Waals surface area (Å²) < 4.78 is 12.0. The number of aromatic nitrogens is 2. The Morgan fingerprint density at radius 3 is 2.77 bits per heavy atom. The van der Waals surface area contributed by atoms with Gasteiger partial charge in [-0.3, -0.25) is 4.90 Å². The maximum absolute atomic E-state index is 10.2. The Hall–Kier alpha value is -1.28. The van der Waals surface area contributed by atoms with Gasteiger partial charge in [-0.15, -0.1) is 11.3 Å². The second-order valence-electron chi connectivity index (χ2n) is 9.47. The van der Waals surface area contributed by atoms with Crippen LogP contribution in [0.4, 0.5) is 0 Å². The van der Waals surface area contributed by atoms with Crippen molar-refractivity contribution in [3.05, 3.63) is 16.8 Å². The minimum Gasteiger partial charge on any atom is -0.474 e. The van der Waals surface area contributed by atoms with Gasteiger partial charge in [0.2, 0.25) is 5.88 Å². The molecule has 0 radical (unpaired) electrons. The summed E-state index contributed by atoms with van der Waals surface area (Å²) in [5.41, 5.74) is 1.39. The largest absolute Gasteiger partial charge is 0.474 e. The van der Waals surface area contributed by atoms with Gasteiger partial charge in [-0.2, -0.15) is 0 Å². The van der Waals surface area contributed by atoms with Crippen LogP contribution in [-0.4, -0.2) is 64.5 Å². The third-order valence-corrected chi connectivity index (χ3v) is 8.67. The summed E-state index contributed by atoms with van der Waals surface area (Å²) in [7, 11) is 0. The molecule has 2 fully saturated rings. The number of morpholine rings is 1. The maximum atomic E-state index is 10.2. The van der Waals surface area contributed by atoms with Crippen LogP contribution in [0.25, 0.3) is 10.2 Å². The molecule has 7 heteroatoms. The van der Waals surface area contributed by atoms with E-state index in [0.717, 1.165) is 87.3 Å². The van der Waals surface area contributed by atoms with Gasteiger partial charge in [0.25, 0.3) is 0 Å². The second kappa shape index (κ2) is 9.69. The Labute approximate surface area is 189 Å². The molecule has 5 rings (SSSR count). The first-order chi connectivity index (χ1) is 15.2. The monoisotopic (exact) mass is 445 g/mol. The van der Waals surface area contributed by atoms with E-state index < -0.39 is 0 Å². The molecule has 0 spiro atoms. The van der Waals surface area contributed by atoms with E-state index in [1.807, 2.05) is 11.3 Å². The summed E-state index contributed by atoms with van der Waals surface area (Å²) in [5.74, 6) is 1.33. The molecule has 0 amide bonds. The Morgan fingerprint density at radius 1 is 1.19 bits per heavy atom. The van der Waals surface area contributed by atoms with Crippen LogP contribution < -0.4 is 4.74 Å². The zero-order valence-corrected chi connectivity index (χ0v) is 19.4. The third-order valence-electron chi connectivity index (χ3n) is 7.47. The number of rotatable bonds is 6. The highest BCUT2D eigenvalue weighted by atomic mass is 32.1. The number of nitrogens with zero attached hydrogens (tertiary/aromatic N) is 3. The molecule has 2 atom stereocenters. The Kier molecular flexibility index (Phi) is 6.74. The number of fused-ring (bicyclic) bond motifs is 3. The van der Waals surface area contributed by atoms with Crippen LogP contribution in [-0.2, 0) is 17.6 Å². The van der Waals surface area contributed by atoms with Crippen LogP contribution in [0.5, 0.6) is 5.88 Å². The smallest absolute Gasteiger partial charge is 0.225 e. The lowest BCUT2D eigenvalue weighted by Gasteiger charge is -2.38. The molecule has 2 aliphatic carbocycles. The Morgan fingerprint density at radius 2 is 2.00 bits per heavy atom. The molecule has 6 nitrogen and oxygen atoms in total. The van der Waals surface area contributed by atoms with Gasteiger partial charge in [0.05, 0.1) is 24.7 Å². The van der Waals surface area contributed by atoms with Gasteiger partial charge in [-0.1, -0.05) is 6.92 Å². The molecule has 0 bridgehead atoms. The van der Waals surface area contributed by atoms with E-state index in [0.29, 0.717) is 12.0 Å². The highest BCUT2D eigenvalue weighted by Gasteiger charge is 2.30. The number of thiophene rings is 1. The number of aliphatic hydroxyl groups excluding tert-OH is 1. The molecule has 3 heterocycles. The normalized spacial score (nSPS) is 28.4. The van der Waals surface area contributed by atoms with E-state index in [1.54, 1.807) is 6.33 Å². The van der Waals surface area contributed by atoms with Crippen molar-refractivity contribution >= 4 is 21.6 Å². The lowest BCUT2D eigenvalue weighted by atomic mass is 9.83. The van der Waals surface area contributed by atoms with E-state index in [2.05, 4.69) is 21.8 Å². The average Bonchev–Trinajstić information content (AvgIpc) is 3.19. The number of aryl methyl sites for hydroxylation is 1. The molecule has 0 aromatic carbocycles. The maximum Gasteiger partial charge on any atom is 0.225 e. The molecule has 31 heavy (non-hydrogen) atoms. The van der Waals surface area contributed by atoms with E-state index in [1.165, 1.54) is 23.3 Å². The van der Waals surface area contributed by atoms with Crippen molar-refractivity contribution < 1.29 is 14.6 Å². The van der Waals surface area contributed by atoms with Crippen molar-refractivity contribution in [1.82, 2.24) is 14.9 Å². The summed E-state index contributed by atoms with van der Waals surface area (Å²) in [4.78, 5) is 14.3. The number of aliphatic hydroxyl groups is 1. The number of ether oxygens (including phenoxy) is 2. The molecule has 1 N–H and O–H groups in total. The van der Waals surface area contributed by atoms with Gasteiger partial charge < -0.3 is 14.6 Å². The number of hydrogen-bond acceptors (Lipinski definition) is 7. The fraction of sp³-hybridized carbons (Fsp3) is 0.750. The average molecular weight is 446 g/mol. The fourth-order valence-corrected chi connectivity index (χ4v) is 6.80. The minimum atomic E-state index is -0.190. The highest BCUT2D eigenvalue weighted by Crippen LogP contribution is 2.42. The lowest BCUT2D eigenvalue weighted by molar-refractivity contribution is -0.00126. The summed E-state index contributed by atoms with van der Waals surface area (Å²) in [6.07, 6.45) is 11.3. The number of hydrogen-bond donors (Lipinski definition) is 1. The van der Waals surface area contributed by atoms with Gasteiger partial charge >= 0.3 is 0 Å². The van der Waals surface area contributed by atoms with Crippen LogP contribution in [0, 0.1) is 5.92 Å². The predicted octanol–water partition coefficient (Wildman–Crippen LogP) is 3.98. The summed E-state index contributed by atoms with van der Waals surface area (Å²) in [6.45, 7) is 5.94. The lowest BCUT2D eigenvalue weighted by Crippen LogP contribution is -2.46. The molecule has 1 saturated carbocycles. The molecule has 1 aliphatic heterocycles. The Balaban J connectivity index is 1.28. The van der Waals surface area contributed by atoms with E-state index >= 15 is 0 Å². The van der Waals surface area contributed by atoms with Gasteiger partial charge in [0.1, 0.15) is 17.3 Å². The van der Waals surface area contributed by atoms with Gasteiger partial charge in [-0.25, -0.2) is 9.97 Å². The van der Waals surface area contributed by atoms with Crippen molar-refractivity contribution in [1.29, 1.82) is 0 Å². The molecule has 2 aromatic heterocycles. The first-order valence-corrected chi connectivity index (χ1v) is 12.9. The quantitative estimate of drug-likeness (QED) is 0.725.